The first-order chi connectivity index (χ1) is 7.00. The monoisotopic (exact) mass is 212 g/mol. The molecule has 0 aromatic heterocycles. The molecule has 0 aliphatic carbocycles. The van der Waals surface area contributed by atoms with Crippen LogP contribution in [0.4, 0.5) is 4.39 Å². The molecule has 3 nitrogen and oxygen atoms in total. The fraction of sp³-hybridized carbons (Fsp3) is 0.364. The van der Waals surface area contributed by atoms with Crippen molar-refractivity contribution in [3.63, 3.8) is 0 Å². The predicted molar refractivity (Wildman–Crippen MR) is 53.1 cm³/mol. The average Bonchev–Trinajstić information content (AvgIpc) is 2.19. The number of aryl methyl sites for hydroxylation is 2. The summed E-state index contributed by atoms with van der Waals surface area (Å²) >= 11 is 0. The van der Waals surface area contributed by atoms with E-state index in [-0.39, 0.29) is 12.2 Å². The molecule has 1 unspecified atom stereocenters. The third kappa shape index (κ3) is 3.32. The molecule has 0 heterocycles. The zero-order valence-corrected chi connectivity index (χ0v) is 8.40. The van der Waals surface area contributed by atoms with Gasteiger partial charge in [0, 0.05) is 0 Å². The second-order valence-electron chi connectivity index (χ2n) is 3.48. The van der Waals surface area contributed by atoms with Crippen LogP contribution >= 0.6 is 0 Å². The van der Waals surface area contributed by atoms with Crippen molar-refractivity contribution in [3.05, 3.63) is 35.1 Å². The van der Waals surface area contributed by atoms with E-state index in [4.69, 9.17) is 10.2 Å². The van der Waals surface area contributed by atoms with Gasteiger partial charge in [0.15, 0.2) is 6.10 Å². The molecule has 0 saturated heterocycles. The van der Waals surface area contributed by atoms with Crippen molar-refractivity contribution in [2.75, 3.05) is 0 Å². The Balaban J connectivity index is 2.58. The number of aliphatic hydroxyl groups excluding tert-OH is 1. The van der Waals surface area contributed by atoms with Crippen molar-refractivity contribution in [1.82, 2.24) is 0 Å². The second kappa shape index (κ2) is 4.89. The van der Waals surface area contributed by atoms with E-state index in [0.717, 1.165) is 5.56 Å². The fourth-order valence-corrected chi connectivity index (χ4v) is 1.29. The molecule has 15 heavy (non-hydrogen) atoms. The van der Waals surface area contributed by atoms with E-state index >= 15 is 0 Å². The molecule has 0 fully saturated rings. The smallest absolute Gasteiger partial charge is 0.332 e. The molecule has 82 valence electrons. The van der Waals surface area contributed by atoms with Crippen LogP contribution in [0.15, 0.2) is 18.2 Å². The largest absolute Gasteiger partial charge is 0.479 e. The first kappa shape index (κ1) is 11.7. The van der Waals surface area contributed by atoms with E-state index in [2.05, 4.69) is 0 Å². The topological polar surface area (TPSA) is 57.5 Å². The summed E-state index contributed by atoms with van der Waals surface area (Å²) in [5.74, 6) is -1.51. The van der Waals surface area contributed by atoms with Crippen molar-refractivity contribution in [2.24, 2.45) is 0 Å². The molecule has 4 heteroatoms. The quantitative estimate of drug-likeness (QED) is 0.795. The molecule has 0 spiro atoms. The molecule has 2 N–H and O–H groups in total. The number of carbonyl (C=O) groups is 1. The molecule has 0 saturated carbocycles. The molecule has 0 aliphatic rings. The van der Waals surface area contributed by atoms with Gasteiger partial charge in [-0.2, -0.15) is 0 Å². The summed E-state index contributed by atoms with van der Waals surface area (Å²) in [6.07, 6.45) is -0.787. The van der Waals surface area contributed by atoms with E-state index in [0.29, 0.717) is 12.0 Å². The van der Waals surface area contributed by atoms with Crippen LogP contribution in [-0.4, -0.2) is 22.3 Å². The van der Waals surface area contributed by atoms with Crippen LogP contribution in [0.25, 0.3) is 0 Å². The van der Waals surface area contributed by atoms with Crippen molar-refractivity contribution >= 4 is 5.97 Å². The van der Waals surface area contributed by atoms with Crippen molar-refractivity contribution in [1.29, 1.82) is 0 Å². The van der Waals surface area contributed by atoms with Crippen molar-refractivity contribution < 1.29 is 19.4 Å². The summed E-state index contributed by atoms with van der Waals surface area (Å²) in [5.41, 5.74) is 1.35. The van der Waals surface area contributed by atoms with Gasteiger partial charge in [-0.3, -0.25) is 0 Å². The number of carboxylic acid groups (broad SMARTS) is 1. The van der Waals surface area contributed by atoms with Crippen LogP contribution in [-0.2, 0) is 11.2 Å². The van der Waals surface area contributed by atoms with Crippen LogP contribution in [0.5, 0.6) is 0 Å². The van der Waals surface area contributed by atoms with Crippen LogP contribution in [0.2, 0.25) is 0 Å². The lowest BCUT2D eigenvalue weighted by Gasteiger charge is -2.06. The lowest BCUT2D eigenvalue weighted by Crippen LogP contribution is -2.19. The normalized spacial score (nSPS) is 12.5. The highest BCUT2D eigenvalue weighted by molar-refractivity contribution is 5.71. The van der Waals surface area contributed by atoms with Gasteiger partial charge in [0.2, 0.25) is 0 Å². The van der Waals surface area contributed by atoms with Gasteiger partial charge in [0.1, 0.15) is 5.82 Å². The number of halogens is 1. The molecule has 0 bridgehead atoms. The van der Waals surface area contributed by atoms with Gasteiger partial charge in [-0.25, -0.2) is 9.18 Å². The van der Waals surface area contributed by atoms with Gasteiger partial charge in [0.05, 0.1) is 0 Å². The highest BCUT2D eigenvalue weighted by Crippen LogP contribution is 2.11. The molecule has 1 aromatic carbocycles. The summed E-state index contributed by atoms with van der Waals surface area (Å²) in [4.78, 5) is 10.3. The first-order valence-electron chi connectivity index (χ1n) is 4.66. The fourth-order valence-electron chi connectivity index (χ4n) is 1.29. The zero-order valence-electron chi connectivity index (χ0n) is 8.40. The predicted octanol–water partition coefficient (Wildman–Crippen LogP) is 1.51. The molecule has 1 atom stereocenters. The summed E-state index contributed by atoms with van der Waals surface area (Å²) < 4.78 is 12.9. The van der Waals surface area contributed by atoms with E-state index in [1.54, 1.807) is 19.1 Å². The van der Waals surface area contributed by atoms with Gasteiger partial charge >= 0.3 is 5.97 Å². The van der Waals surface area contributed by atoms with Gasteiger partial charge in [-0.15, -0.1) is 0 Å². The molecule has 1 aromatic rings. The molecule has 0 amide bonds. The Kier molecular flexibility index (Phi) is 3.80. The maximum Gasteiger partial charge on any atom is 0.332 e. The Morgan fingerprint density at radius 2 is 2.20 bits per heavy atom. The first-order valence-corrected chi connectivity index (χ1v) is 4.66. The molecule has 0 aliphatic heterocycles. The lowest BCUT2D eigenvalue weighted by molar-refractivity contribution is -0.146. The molecule has 0 radical (unpaired) electrons. The molecule has 1 rings (SSSR count). The van der Waals surface area contributed by atoms with E-state index < -0.39 is 12.1 Å². The summed E-state index contributed by atoms with van der Waals surface area (Å²) in [7, 11) is 0. The Bertz CT molecular complexity index is 363. The summed E-state index contributed by atoms with van der Waals surface area (Å²) in [6.45, 7) is 1.65. The number of benzene rings is 1. The van der Waals surface area contributed by atoms with Gasteiger partial charge < -0.3 is 10.2 Å². The lowest BCUT2D eigenvalue weighted by atomic mass is 10.0. The number of aliphatic hydroxyl groups is 1. The Hall–Kier alpha value is -1.42. The molecular weight excluding hydrogens is 199 g/mol. The average molecular weight is 212 g/mol. The minimum atomic E-state index is -1.35. The second-order valence-corrected chi connectivity index (χ2v) is 3.48. The van der Waals surface area contributed by atoms with Gasteiger partial charge in [0.25, 0.3) is 0 Å². The minimum Gasteiger partial charge on any atom is -0.479 e. The highest BCUT2D eigenvalue weighted by atomic mass is 19.1. The van der Waals surface area contributed by atoms with Gasteiger partial charge in [-0.05, 0) is 37.0 Å². The SMILES string of the molecule is Cc1cc(CCC(O)C(=O)O)ccc1F. The number of rotatable bonds is 4. The van der Waals surface area contributed by atoms with Crippen LogP contribution in [0, 0.1) is 12.7 Å². The van der Waals surface area contributed by atoms with E-state index in [1.807, 2.05) is 0 Å². The number of carboxylic acids is 1. The van der Waals surface area contributed by atoms with E-state index in [1.165, 1.54) is 6.07 Å². The van der Waals surface area contributed by atoms with Crippen LogP contribution in [0.3, 0.4) is 0 Å². The standard InChI is InChI=1S/C11H13FO3/c1-7-6-8(2-4-9(7)12)3-5-10(13)11(14)15/h2,4,6,10,13H,3,5H2,1H3,(H,14,15). The number of aliphatic carboxylic acids is 1. The maximum atomic E-state index is 12.9. The van der Waals surface area contributed by atoms with Crippen molar-refractivity contribution in [3.8, 4) is 0 Å². The Labute approximate surface area is 87.2 Å². The summed E-state index contributed by atoms with van der Waals surface area (Å²) in [5, 5.41) is 17.5. The Morgan fingerprint density at radius 1 is 1.53 bits per heavy atom. The number of hydrogen-bond acceptors (Lipinski definition) is 2. The van der Waals surface area contributed by atoms with Crippen LogP contribution < -0.4 is 0 Å². The minimum absolute atomic E-state index is 0.139. The van der Waals surface area contributed by atoms with Crippen LogP contribution in [0.1, 0.15) is 17.5 Å². The van der Waals surface area contributed by atoms with Gasteiger partial charge in [-0.1, -0.05) is 12.1 Å². The third-order valence-electron chi connectivity index (χ3n) is 2.21. The number of hydrogen-bond donors (Lipinski definition) is 2. The van der Waals surface area contributed by atoms with Crippen molar-refractivity contribution in [2.45, 2.75) is 25.9 Å². The zero-order chi connectivity index (χ0) is 11.4. The summed E-state index contributed by atoms with van der Waals surface area (Å²) in [6, 6.07) is 4.60. The maximum absolute atomic E-state index is 12.9. The Morgan fingerprint density at radius 3 is 2.73 bits per heavy atom. The third-order valence-corrected chi connectivity index (χ3v) is 2.21. The highest BCUT2D eigenvalue weighted by Gasteiger charge is 2.12. The molecular formula is C11H13FO3. The van der Waals surface area contributed by atoms with E-state index in [9.17, 15) is 9.18 Å².